The van der Waals surface area contributed by atoms with Crippen molar-refractivity contribution in [1.82, 2.24) is 15.2 Å². The average molecular weight is 386 g/mol. The predicted octanol–water partition coefficient (Wildman–Crippen LogP) is 2.81. The Kier molecular flexibility index (Phi) is 4.98. The summed E-state index contributed by atoms with van der Waals surface area (Å²) in [4.78, 5) is 24.1. The second kappa shape index (κ2) is 7.91. The molecule has 2 aromatic rings. The van der Waals surface area contributed by atoms with Gasteiger partial charge in [0.2, 0.25) is 5.91 Å². The summed E-state index contributed by atoms with van der Waals surface area (Å²) in [6, 6.07) is 14.6. The van der Waals surface area contributed by atoms with Gasteiger partial charge in [0.15, 0.2) is 0 Å². The number of pyridine rings is 1. The molecule has 2 atom stereocenters. The second-order valence-corrected chi connectivity index (χ2v) is 8.19. The van der Waals surface area contributed by atoms with Gasteiger partial charge in [-0.2, -0.15) is 0 Å². The topological polar surface area (TPSA) is 57.6 Å². The van der Waals surface area contributed by atoms with Crippen LogP contribution in [0.5, 0.6) is 0 Å². The van der Waals surface area contributed by atoms with E-state index in [4.69, 9.17) is 4.99 Å². The largest absolute Gasteiger partial charge is 0.338 e. The highest BCUT2D eigenvalue weighted by atomic mass is 16.2. The lowest BCUT2D eigenvalue weighted by molar-refractivity contribution is -0.131. The zero-order valence-electron chi connectivity index (χ0n) is 16.6. The van der Waals surface area contributed by atoms with Crippen molar-refractivity contribution in [3.8, 4) is 0 Å². The van der Waals surface area contributed by atoms with Crippen molar-refractivity contribution in [3.63, 3.8) is 0 Å². The lowest BCUT2D eigenvalue weighted by Crippen LogP contribution is -2.39. The third kappa shape index (κ3) is 3.62. The van der Waals surface area contributed by atoms with Gasteiger partial charge in [0, 0.05) is 49.9 Å². The van der Waals surface area contributed by atoms with Crippen LogP contribution in [0.2, 0.25) is 0 Å². The Morgan fingerprint density at radius 1 is 1.10 bits per heavy atom. The van der Waals surface area contributed by atoms with Crippen molar-refractivity contribution in [2.45, 2.75) is 18.8 Å². The van der Waals surface area contributed by atoms with E-state index in [0.29, 0.717) is 24.8 Å². The lowest BCUT2D eigenvalue weighted by Gasteiger charge is -2.30. The molecule has 5 rings (SSSR count). The molecule has 5 nitrogen and oxygen atoms in total. The fourth-order valence-electron chi connectivity index (χ4n) is 4.87. The van der Waals surface area contributed by atoms with Gasteiger partial charge in [0.25, 0.3) is 0 Å². The Balaban J connectivity index is 1.28. The van der Waals surface area contributed by atoms with E-state index in [0.717, 1.165) is 43.9 Å². The maximum Gasteiger partial charge on any atom is 0.223 e. The number of amides is 1. The number of rotatable bonds is 4. The Labute approximate surface area is 171 Å². The summed E-state index contributed by atoms with van der Waals surface area (Å²) in [5.41, 5.74) is 6.13. The average Bonchev–Trinajstić information content (AvgIpc) is 3.41. The van der Waals surface area contributed by atoms with E-state index < -0.39 is 0 Å². The molecule has 0 aliphatic carbocycles. The van der Waals surface area contributed by atoms with Gasteiger partial charge < -0.3 is 10.2 Å². The molecule has 1 fully saturated rings. The highest BCUT2D eigenvalue weighted by Crippen LogP contribution is 2.32. The van der Waals surface area contributed by atoms with Crippen LogP contribution >= 0.6 is 0 Å². The molecule has 0 radical (unpaired) electrons. The van der Waals surface area contributed by atoms with Crippen LogP contribution in [0.3, 0.4) is 0 Å². The molecule has 29 heavy (non-hydrogen) atoms. The number of aliphatic imine (C=N–C) groups is 1. The standard InChI is InChI=1S/C24H26N4O/c29-23(12-20-13-26-15-21(20)17-4-2-1-3-5-17)28-11-8-19-14-27-24(22(19)16-28)18-6-9-25-10-7-18/h1-7,9-10,20-21,26H,8,11-16H2/t20-,21+/m0/s1. The third-order valence-electron chi connectivity index (χ3n) is 6.48. The van der Waals surface area contributed by atoms with Crippen molar-refractivity contribution in [2.24, 2.45) is 10.9 Å². The van der Waals surface area contributed by atoms with Gasteiger partial charge in [0.1, 0.15) is 0 Å². The van der Waals surface area contributed by atoms with Crippen molar-refractivity contribution in [2.75, 3.05) is 32.7 Å². The number of hydrogen-bond acceptors (Lipinski definition) is 4. The van der Waals surface area contributed by atoms with Gasteiger partial charge in [-0.15, -0.1) is 0 Å². The quantitative estimate of drug-likeness (QED) is 0.879. The van der Waals surface area contributed by atoms with Crippen LogP contribution in [0, 0.1) is 5.92 Å². The molecule has 1 amide bonds. The summed E-state index contributed by atoms with van der Waals surface area (Å²) in [6.07, 6.45) is 5.15. The molecule has 3 aliphatic rings. The Morgan fingerprint density at radius 3 is 2.76 bits per heavy atom. The molecular weight excluding hydrogens is 360 g/mol. The van der Waals surface area contributed by atoms with E-state index in [1.165, 1.54) is 16.7 Å². The molecule has 148 valence electrons. The Morgan fingerprint density at radius 2 is 1.93 bits per heavy atom. The fourth-order valence-corrected chi connectivity index (χ4v) is 4.87. The number of nitrogens with one attached hydrogen (secondary N) is 1. The summed E-state index contributed by atoms with van der Waals surface area (Å²) < 4.78 is 0. The fraction of sp³-hybridized carbons (Fsp3) is 0.375. The number of benzene rings is 1. The summed E-state index contributed by atoms with van der Waals surface area (Å²) in [5.74, 6) is 1.05. The SMILES string of the molecule is O=C(C[C@H]1CNC[C@@H]1c1ccccc1)N1CCC2=C(C1)C(c1ccncc1)=NC2. The van der Waals surface area contributed by atoms with Gasteiger partial charge in [-0.1, -0.05) is 30.3 Å². The van der Waals surface area contributed by atoms with E-state index in [1.54, 1.807) is 12.4 Å². The first kappa shape index (κ1) is 18.3. The molecule has 3 aliphatic heterocycles. The van der Waals surface area contributed by atoms with Gasteiger partial charge in [-0.05, 0) is 47.7 Å². The van der Waals surface area contributed by atoms with Gasteiger partial charge in [0.05, 0.1) is 12.3 Å². The molecule has 1 aromatic heterocycles. The molecule has 1 N–H and O–H groups in total. The maximum atomic E-state index is 13.2. The summed E-state index contributed by atoms with van der Waals surface area (Å²) >= 11 is 0. The first-order valence-electron chi connectivity index (χ1n) is 10.5. The molecule has 1 saturated heterocycles. The number of nitrogens with zero attached hydrogens (tertiary/aromatic N) is 3. The van der Waals surface area contributed by atoms with Gasteiger partial charge in [-0.3, -0.25) is 14.8 Å². The molecule has 0 spiro atoms. The van der Waals surface area contributed by atoms with Crippen LogP contribution in [0.1, 0.15) is 29.9 Å². The molecule has 5 heteroatoms. The highest BCUT2D eigenvalue weighted by Gasteiger charge is 2.34. The van der Waals surface area contributed by atoms with E-state index in [2.05, 4.69) is 40.6 Å². The Hall–Kier alpha value is -2.79. The summed E-state index contributed by atoms with van der Waals surface area (Å²) in [6.45, 7) is 4.14. The smallest absolute Gasteiger partial charge is 0.223 e. The minimum absolute atomic E-state index is 0.271. The van der Waals surface area contributed by atoms with E-state index in [1.807, 2.05) is 17.0 Å². The number of hydrogen-bond donors (Lipinski definition) is 1. The Bertz CT molecular complexity index is 951. The van der Waals surface area contributed by atoms with Crippen LogP contribution in [-0.4, -0.2) is 54.2 Å². The van der Waals surface area contributed by atoms with E-state index in [9.17, 15) is 4.79 Å². The van der Waals surface area contributed by atoms with Crippen molar-refractivity contribution in [3.05, 3.63) is 77.1 Å². The highest BCUT2D eigenvalue weighted by molar-refractivity contribution is 6.15. The van der Waals surface area contributed by atoms with Crippen LogP contribution in [0.4, 0.5) is 0 Å². The summed E-state index contributed by atoms with van der Waals surface area (Å²) in [7, 11) is 0. The molecule has 1 aromatic carbocycles. The number of carbonyl (C=O) groups is 1. The predicted molar refractivity (Wildman–Crippen MR) is 114 cm³/mol. The van der Waals surface area contributed by atoms with E-state index in [-0.39, 0.29) is 5.91 Å². The minimum atomic E-state index is 0.271. The van der Waals surface area contributed by atoms with Crippen molar-refractivity contribution in [1.29, 1.82) is 0 Å². The molecule has 0 unspecified atom stereocenters. The summed E-state index contributed by atoms with van der Waals surface area (Å²) in [5, 5.41) is 3.49. The lowest BCUT2D eigenvalue weighted by atomic mass is 9.86. The maximum absolute atomic E-state index is 13.2. The van der Waals surface area contributed by atoms with Gasteiger partial charge >= 0.3 is 0 Å². The monoisotopic (exact) mass is 386 g/mol. The van der Waals surface area contributed by atoms with Crippen molar-refractivity contribution < 1.29 is 4.79 Å². The first-order valence-corrected chi connectivity index (χ1v) is 10.5. The normalized spacial score (nSPS) is 23.9. The van der Waals surface area contributed by atoms with Crippen LogP contribution in [-0.2, 0) is 4.79 Å². The van der Waals surface area contributed by atoms with Crippen LogP contribution in [0.25, 0.3) is 0 Å². The van der Waals surface area contributed by atoms with Crippen LogP contribution < -0.4 is 5.32 Å². The third-order valence-corrected chi connectivity index (χ3v) is 6.48. The zero-order chi connectivity index (χ0) is 19.6. The first-order chi connectivity index (χ1) is 14.3. The van der Waals surface area contributed by atoms with Crippen molar-refractivity contribution >= 4 is 11.6 Å². The molecule has 0 saturated carbocycles. The van der Waals surface area contributed by atoms with Crippen LogP contribution in [0.15, 0.2) is 71.0 Å². The van der Waals surface area contributed by atoms with E-state index >= 15 is 0 Å². The number of aromatic nitrogens is 1. The zero-order valence-corrected chi connectivity index (χ0v) is 16.6. The minimum Gasteiger partial charge on any atom is -0.338 e. The second-order valence-electron chi connectivity index (χ2n) is 8.19. The number of carbonyl (C=O) groups excluding carboxylic acids is 1. The molecule has 4 heterocycles. The molecular formula is C24H26N4O. The molecule has 0 bridgehead atoms. The van der Waals surface area contributed by atoms with Gasteiger partial charge in [-0.25, -0.2) is 0 Å².